The summed E-state index contributed by atoms with van der Waals surface area (Å²) in [7, 11) is 0. The monoisotopic (exact) mass is 531 g/mol. The minimum absolute atomic E-state index is 0.0170. The largest absolute Gasteiger partial charge is 0.374 e. The van der Waals surface area contributed by atoms with Crippen molar-refractivity contribution in [1.29, 1.82) is 5.26 Å². The van der Waals surface area contributed by atoms with Crippen LogP contribution in [0.1, 0.15) is 11.1 Å². The van der Waals surface area contributed by atoms with Crippen LogP contribution < -0.4 is 5.32 Å². The number of benzene rings is 2. The molecular formula is C25H23Cl2N3O2S2. The lowest BCUT2D eigenvalue weighted by Crippen LogP contribution is -2.47. The molecule has 9 heteroatoms. The van der Waals surface area contributed by atoms with Crippen LogP contribution >= 0.6 is 46.3 Å². The normalized spacial score (nSPS) is 16.2. The summed E-state index contributed by atoms with van der Waals surface area (Å²) in [5.41, 5.74) is 2.75. The Labute approximate surface area is 217 Å². The summed E-state index contributed by atoms with van der Waals surface area (Å²) in [5.74, 6) is 0.328. The maximum absolute atomic E-state index is 12.4. The lowest BCUT2D eigenvalue weighted by molar-refractivity contribution is -0.119. The summed E-state index contributed by atoms with van der Waals surface area (Å²) in [4.78, 5) is 15.8. The van der Waals surface area contributed by atoms with Crippen molar-refractivity contribution in [2.24, 2.45) is 0 Å². The van der Waals surface area contributed by atoms with E-state index < -0.39 is 0 Å². The number of thiophene rings is 1. The summed E-state index contributed by atoms with van der Waals surface area (Å²) in [5, 5.41) is 13.2. The average Bonchev–Trinajstić information content (AvgIpc) is 3.33. The van der Waals surface area contributed by atoms with Crippen LogP contribution in [0.25, 0.3) is 10.4 Å². The van der Waals surface area contributed by atoms with Crippen LogP contribution in [0.5, 0.6) is 0 Å². The maximum Gasteiger partial charge on any atom is 0.230 e. The lowest BCUT2D eigenvalue weighted by atomic mass is 10.1. The van der Waals surface area contributed by atoms with Gasteiger partial charge in [-0.1, -0.05) is 41.4 Å². The van der Waals surface area contributed by atoms with Gasteiger partial charge in [-0.3, -0.25) is 9.69 Å². The van der Waals surface area contributed by atoms with E-state index >= 15 is 0 Å². The smallest absolute Gasteiger partial charge is 0.230 e. The molecule has 1 aromatic heterocycles. The highest BCUT2D eigenvalue weighted by atomic mass is 35.5. The molecule has 176 valence electrons. The van der Waals surface area contributed by atoms with Crippen molar-refractivity contribution in [3.8, 4) is 16.5 Å². The van der Waals surface area contributed by atoms with Crippen LogP contribution in [0, 0.1) is 11.3 Å². The van der Waals surface area contributed by atoms with Gasteiger partial charge in [-0.25, -0.2) is 0 Å². The number of ether oxygens (including phenoxy) is 1. The molecule has 0 bridgehead atoms. The fraction of sp³-hybridized carbons (Fsp3) is 0.280. The second kappa shape index (κ2) is 12.1. The molecule has 3 aromatic rings. The fourth-order valence-corrected chi connectivity index (χ4v) is 5.93. The molecule has 1 atom stereocenters. The van der Waals surface area contributed by atoms with E-state index in [1.54, 1.807) is 17.4 Å². The van der Waals surface area contributed by atoms with E-state index in [4.69, 9.17) is 33.2 Å². The number of carbonyl (C=O) groups is 1. The Balaban J connectivity index is 1.21. The molecule has 0 aliphatic carbocycles. The molecule has 5 nitrogen and oxygen atoms in total. The molecule has 34 heavy (non-hydrogen) atoms. The van der Waals surface area contributed by atoms with Crippen molar-refractivity contribution in [3.05, 3.63) is 75.8 Å². The zero-order valence-electron chi connectivity index (χ0n) is 18.3. The maximum atomic E-state index is 12.4. The second-order valence-electron chi connectivity index (χ2n) is 7.88. The first kappa shape index (κ1) is 25.1. The first-order valence-corrected chi connectivity index (χ1v) is 13.3. The third-order valence-corrected chi connectivity index (χ3v) is 8.44. The molecule has 1 amide bonds. The van der Waals surface area contributed by atoms with E-state index in [9.17, 15) is 4.79 Å². The van der Waals surface area contributed by atoms with E-state index in [-0.39, 0.29) is 12.0 Å². The number of nitrogens with one attached hydrogen (secondary N) is 1. The van der Waals surface area contributed by atoms with Crippen molar-refractivity contribution < 1.29 is 9.53 Å². The minimum Gasteiger partial charge on any atom is -0.374 e. The summed E-state index contributed by atoms with van der Waals surface area (Å²) in [6.07, 6.45) is -0.0498. The predicted molar refractivity (Wildman–Crippen MR) is 140 cm³/mol. The van der Waals surface area contributed by atoms with E-state index in [0.717, 1.165) is 39.8 Å². The van der Waals surface area contributed by atoms with Gasteiger partial charge in [-0.15, -0.1) is 23.1 Å². The van der Waals surface area contributed by atoms with Gasteiger partial charge in [0.15, 0.2) is 0 Å². The number of rotatable bonds is 8. The van der Waals surface area contributed by atoms with Crippen LogP contribution in [-0.4, -0.2) is 48.9 Å². The molecule has 0 unspecified atom stereocenters. The van der Waals surface area contributed by atoms with Gasteiger partial charge in [0.05, 0.1) is 44.4 Å². The molecule has 1 aliphatic heterocycles. The van der Waals surface area contributed by atoms with Crippen LogP contribution in [0.2, 0.25) is 10.0 Å². The zero-order valence-corrected chi connectivity index (χ0v) is 21.4. The Morgan fingerprint density at radius 1 is 1.21 bits per heavy atom. The first-order valence-electron chi connectivity index (χ1n) is 10.8. The second-order valence-corrected chi connectivity index (χ2v) is 11.1. The topological polar surface area (TPSA) is 65.4 Å². The van der Waals surface area contributed by atoms with Crippen molar-refractivity contribution in [2.75, 3.05) is 32.0 Å². The van der Waals surface area contributed by atoms with Gasteiger partial charge in [0.2, 0.25) is 5.91 Å². The highest BCUT2D eigenvalue weighted by Crippen LogP contribution is 2.34. The quantitative estimate of drug-likeness (QED) is 0.377. The molecular weight excluding hydrogens is 509 g/mol. The molecule has 0 saturated carbocycles. The lowest BCUT2D eigenvalue weighted by Gasteiger charge is -2.33. The fourth-order valence-electron chi connectivity index (χ4n) is 3.65. The minimum atomic E-state index is -0.0498. The number of nitriles is 1. The van der Waals surface area contributed by atoms with Crippen molar-refractivity contribution in [3.63, 3.8) is 0 Å². The number of morpholine rings is 1. The molecule has 1 aliphatic rings. The summed E-state index contributed by atoms with van der Waals surface area (Å²) in [6, 6.07) is 19.4. The van der Waals surface area contributed by atoms with Crippen molar-refractivity contribution in [2.45, 2.75) is 16.9 Å². The Morgan fingerprint density at radius 2 is 2.09 bits per heavy atom. The number of hydrogen-bond acceptors (Lipinski definition) is 6. The Bertz CT molecular complexity index is 1190. The molecule has 2 aromatic carbocycles. The number of thioether (sulfide) groups is 1. The van der Waals surface area contributed by atoms with Gasteiger partial charge in [0, 0.05) is 31.1 Å². The van der Waals surface area contributed by atoms with Gasteiger partial charge < -0.3 is 10.1 Å². The standard InChI is InChI=1S/C25H23Cl2N3O2S2/c26-21-5-4-18(11-22(21)27)14-30-8-9-32-20(15-30)13-29-24(31)16-33-25-7-6-23(34-25)19-3-1-2-17(10-19)12-28/h1-7,10-11,20H,8-9,13-16H2,(H,29,31)/t20-/m0/s1. The van der Waals surface area contributed by atoms with Gasteiger partial charge >= 0.3 is 0 Å². The molecule has 2 heterocycles. The van der Waals surface area contributed by atoms with Gasteiger partial charge in [-0.2, -0.15) is 5.26 Å². The SMILES string of the molecule is N#Cc1cccc(-c2ccc(SCC(=O)NC[C@H]3CN(Cc4ccc(Cl)c(Cl)c4)CCO3)s2)c1. The van der Waals surface area contributed by atoms with E-state index in [2.05, 4.69) is 16.3 Å². The summed E-state index contributed by atoms with van der Waals surface area (Å²) < 4.78 is 6.91. The Morgan fingerprint density at radius 3 is 2.91 bits per heavy atom. The van der Waals surface area contributed by atoms with E-state index in [0.29, 0.717) is 34.5 Å². The molecule has 1 saturated heterocycles. The number of amides is 1. The van der Waals surface area contributed by atoms with Gasteiger partial charge in [0.1, 0.15) is 0 Å². The first-order chi connectivity index (χ1) is 16.5. The molecule has 0 spiro atoms. The number of halogens is 2. The predicted octanol–water partition coefficient (Wildman–Crippen LogP) is 5.70. The Hall–Kier alpha value is -2.05. The number of hydrogen-bond donors (Lipinski definition) is 1. The molecule has 4 rings (SSSR count). The van der Waals surface area contributed by atoms with E-state index in [1.807, 2.05) is 48.5 Å². The van der Waals surface area contributed by atoms with Crippen LogP contribution in [0.3, 0.4) is 0 Å². The molecule has 1 fully saturated rings. The average molecular weight is 533 g/mol. The third-order valence-electron chi connectivity index (χ3n) is 5.34. The molecule has 0 radical (unpaired) electrons. The number of nitrogens with zero attached hydrogens (tertiary/aromatic N) is 2. The van der Waals surface area contributed by atoms with Crippen LogP contribution in [0.4, 0.5) is 0 Å². The summed E-state index contributed by atoms with van der Waals surface area (Å²) in [6.45, 7) is 3.44. The van der Waals surface area contributed by atoms with Crippen molar-refractivity contribution in [1.82, 2.24) is 10.2 Å². The third kappa shape index (κ3) is 6.98. The van der Waals surface area contributed by atoms with Crippen molar-refractivity contribution >= 4 is 52.2 Å². The highest BCUT2D eigenvalue weighted by Gasteiger charge is 2.21. The van der Waals surface area contributed by atoms with Crippen LogP contribution in [-0.2, 0) is 16.1 Å². The van der Waals surface area contributed by atoms with Gasteiger partial charge in [0.25, 0.3) is 0 Å². The van der Waals surface area contributed by atoms with Gasteiger partial charge in [-0.05, 0) is 47.5 Å². The van der Waals surface area contributed by atoms with E-state index in [1.165, 1.54) is 11.8 Å². The van der Waals surface area contributed by atoms with Crippen LogP contribution in [0.15, 0.2) is 58.8 Å². The highest BCUT2D eigenvalue weighted by molar-refractivity contribution is 8.01. The Kier molecular flexibility index (Phi) is 8.90. The zero-order chi connectivity index (χ0) is 23.9. The molecule has 1 N–H and O–H groups in total. The summed E-state index contributed by atoms with van der Waals surface area (Å²) >= 11 is 15.3. The number of carbonyl (C=O) groups excluding carboxylic acids is 1.